The molecule has 1 saturated heterocycles. The average Bonchev–Trinajstić information content (AvgIpc) is 2.94. The molecule has 1 spiro atoms. The standard InChI is InChI=1S/C13H17ClN4O2S/c1-7-4-3-5-8(2)13(7)10(19)18(12(20)15-13)6-9-16-17-11(14)21-9/h7-8H,3-6H2,1-2H3,(H,15,20). The molecule has 2 unspecified atom stereocenters. The first-order valence-corrected chi connectivity index (χ1v) is 8.26. The maximum atomic E-state index is 12.9. The van der Waals surface area contributed by atoms with Gasteiger partial charge in [0.05, 0.1) is 6.54 Å². The van der Waals surface area contributed by atoms with Gasteiger partial charge >= 0.3 is 6.03 Å². The highest BCUT2D eigenvalue weighted by molar-refractivity contribution is 7.15. The van der Waals surface area contributed by atoms with Crippen LogP contribution in [0.4, 0.5) is 4.79 Å². The number of nitrogens with one attached hydrogen (secondary N) is 1. The fraction of sp³-hybridized carbons (Fsp3) is 0.692. The molecular weight excluding hydrogens is 312 g/mol. The van der Waals surface area contributed by atoms with Gasteiger partial charge in [-0.25, -0.2) is 4.79 Å². The number of nitrogens with zero attached hydrogens (tertiary/aromatic N) is 3. The Morgan fingerprint density at radius 2 is 2.00 bits per heavy atom. The van der Waals surface area contributed by atoms with Crippen molar-refractivity contribution in [2.24, 2.45) is 11.8 Å². The molecule has 0 aromatic carbocycles. The van der Waals surface area contributed by atoms with Crippen LogP contribution in [0.3, 0.4) is 0 Å². The summed E-state index contributed by atoms with van der Waals surface area (Å²) in [7, 11) is 0. The van der Waals surface area contributed by atoms with E-state index in [1.807, 2.05) is 13.8 Å². The number of imide groups is 1. The van der Waals surface area contributed by atoms with E-state index in [1.165, 1.54) is 16.2 Å². The van der Waals surface area contributed by atoms with E-state index in [0.29, 0.717) is 9.47 Å². The summed E-state index contributed by atoms with van der Waals surface area (Å²) in [6.45, 7) is 4.22. The third kappa shape index (κ3) is 2.23. The summed E-state index contributed by atoms with van der Waals surface area (Å²) in [5.41, 5.74) is -0.760. The monoisotopic (exact) mass is 328 g/mol. The van der Waals surface area contributed by atoms with E-state index in [2.05, 4.69) is 15.5 Å². The van der Waals surface area contributed by atoms with Gasteiger partial charge in [-0.05, 0) is 36.3 Å². The van der Waals surface area contributed by atoms with Crippen LogP contribution in [0.15, 0.2) is 0 Å². The predicted octanol–water partition coefficient (Wildman–Crippen LogP) is 2.44. The lowest BCUT2D eigenvalue weighted by Crippen LogP contribution is -2.58. The van der Waals surface area contributed by atoms with E-state index in [-0.39, 0.29) is 30.3 Å². The first-order valence-electron chi connectivity index (χ1n) is 7.07. The summed E-state index contributed by atoms with van der Waals surface area (Å²) < 4.78 is 0.311. The second kappa shape index (κ2) is 5.21. The van der Waals surface area contributed by atoms with E-state index < -0.39 is 5.54 Å². The first kappa shape index (κ1) is 14.7. The van der Waals surface area contributed by atoms with Crippen LogP contribution in [0, 0.1) is 11.8 Å². The maximum Gasteiger partial charge on any atom is 0.325 e. The molecule has 1 saturated carbocycles. The summed E-state index contributed by atoms with van der Waals surface area (Å²) in [6.07, 6.45) is 3.00. The zero-order valence-corrected chi connectivity index (χ0v) is 13.5. The lowest BCUT2D eigenvalue weighted by Gasteiger charge is -2.42. The van der Waals surface area contributed by atoms with Gasteiger partial charge in [-0.1, -0.05) is 31.6 Å². The van der Waals surface area contributed by atoms with E-state index >= 15 is 0 Å². The molecule has 8 heteroatoms. The molecular formula is C13H17ClN4O2S. The van der Waals surface area contributed by atoms with Crippen molar-refractivity contribution in [2.45, 2.75) is 45.2 Å². The highest BCUT2D eigenvalue weighted by Gasteiger charge is 2.58. The summed E-state index contributed by atoms with van der Waals surface area (Å²) in [5, 5.41) is 11.1. The Kier molecular flexibility index (Phi) is 3.65. The molecule has 2 heterocycles. The van der Waals surface area contributed by atoms with Crippen LogP contribution in [0.5, 0.6) is 0 Å². The van der Waals surface area contributed by atoms with Crippen molar-refractivity contribution in [3.63, 3.8) is 0 Å². The first-order chi connectivity index (χ1) is 9.95. The average molecular weight is 329 g/mol. The highest BCUT2D eigenvalue weighted by Crippen LogP contribution is 2.42. The van der Waals surface area contributed by atoms with Crippen LogP contribution in [0.25, 0.3) is 0 Å². The van der Waals surface area contributed by atoms with E-state index in [0.717, 1.165) is 19.3 Å². The number of carbonyl (C=O) groups excluding carboxylic acids is 2. The number of hydrogen-bond donors (Lipinski definition) is 1. The van der Waals surface area contributed by atoms with Gasteiger partial charge in [-0.2, -0.15) is 0 Å². The summed E-state index contributed by atoms with van der Waals surface area (Å²) in [4.78, 5) is 26.4. The molecule has 1 N–H and O–H groups in total. The van der Waals surface area contributed by atoms with Gasteiger partial charge in [0.1, 0.15) is 10.5 Å². The number of rotatable bonds is 2. The molecule has 2 atom stereocenters. The van der Waals surface area contributed by atoms with Gasteiger partial charge in [-0.3, -0.25) is 9.69 Å². The van der Waals surface area contributed by atoms with Crippen LogP contribution in [0.1, 0.15) is 38.1 Å². The number of carbonyl (C=O) groups is 2. The molecule has 1 aliphatic heterocycles. The Morgan fingerprint density at radius 1 is 1.33 bits per heavy atom. The topological polar surface area (TPSA) is 75.2 Å². The predicted molar refractivity (Wildman–Crippen MR) is 78.9 cm³/mol. The van der Waals surface area contributed by atoms with Crippen molar-refractivity contribution in [3.8, 4) is 0 Å². The molecule has 1 aromatic rings. The summed E-state index contributed by atoms with van der Waals surface area (Å²) in [6, 6.07) is -0.341. The quantitative estimate of drug-likeness (QED) is 0.846. The highest BCUT2D eigenvalue weighted by atomic mass is 35.5. The lowest BCUT2D eigenvalue weighted by molar-refractivity contribution is -0.136. The van der Waals surface area contributed by atoms with Crippen LogP contribution < -0.4 is 5.32 Å². The fourth-order valence-corrected chi connectivity index (χ4v) is 4.38. The van der Waals surface area contributed by atoms with Crippen molar-refractivity contribution in [3.05, 3.63) is 9.47 Å². The van der Waals surface area contributed by atoms with Gasteiger partial charge in [0.25, 0.3) is 5.91 Å². The van der Waals surface area contributed by atoms with Gasteiger partial charge in [-0.15, -0.1) is 10.2 Å². The molecule has 2 fully saturated rings. The number of halogens is 1. The molecule has 0 bridgehead atoms. The maximum absolute atomic E-state index is 12.9. The Hall–Kier alpha value is -1.21. The fourth-order valence-electron chi connectivity index (χ4n) is 3.53. The molecule has 6 nitrogen and oxygen atoms in total. The Labute approximate surface area is 131 Å². The van der Waals surface area contributed by atoms with Crippen LogP contribution in [0.2, 0.25) is 4.47 Å². The smallest absolute Gasteiger partial charge is 0.323 e. The Balaban J connectivity index is 1.87. The second-order valence-corrected chi connectivity index (χ2v) is 7.52. The van der Waals surface area contributed by atoms with Gasteiger partial charge in [0, 0.05) is 0 Å². The minimum absolute atomic E-state index is 0.135. The number of aromatic nitrogens is 2. The molecule has 3 amide bonds. The summed E-state index contributed by atoms with van der Waals surface area (Å²) in [5.74, 6) is 0.139. The third-order valence-corrected chi connectivity index (χ3v) is 5.73. The van der Waals surface area contributed by atoms with Gasteiger partial charge < -0.3 is 5.32 Å². The zero-order chi connectivity index (χ0) is 15.2. The number of amides is 3. The van der Waals surface area contributed by atoms with Crippen LogP contribution >= 0.6 is 22.9 Å². The van der Waals surface area contributed by atoms with Crippen molar-refractivity contribution in [1.29, 1.82) is 0 Å². The molecule has 0 radical (unpaired) electrons. The third-order valence-electron chi connectivity index (χ3n) is 4.72. The second-order valence-electron chi connectivity index (χ2n) is 5.87. The largest absolute Gasteiger partial charge is 0.325 e. The van der Waals surface area contributed by atoms with Crippen molar-refractivity contribution in [2.75, 3.05) is 0 Å². The SMILES string of the molecule is CC1CCCC(C)C12NC(=O)N(Cc1nnc(Cl)s1)C2=O. The number of urea groups is 1. The zero-order valence-electron chi connectivity index (χ0n) is 11.9. The van der Waals surface area contributed by atoms with E-state index in [1.54, 1.807) is 0 Å². The molecule has 114 valence electrons. The minimum atomic E-state index is -0.760. The van der Waals surface area contributed by atoms with Crippen molar-refractivity contribution >= 4 is 34.9 Å². The van der Waals surface area contributed by atoms with Crippen molar-refractivity contribution in [1.82, 2.24) is 20.4 Å². The normalized spacial score (nSPS) is 32.8. The summed E-state index contributed by atoms with van der Waals surface area (Å²) >= 11 is 6.93. The van der Waals surface area contributed by atoms with E-state index in [9.17, 15) is 9.59 Å². The van der Waals surface area contributed by atoms with Crippen LogP contribution in [-0.4, -0.2) is 32.6 Å². The van der Waals surface area contributed by atoms with Crippen molar-refractivity contribution < 1.29 is 9.59 Å². The Bertz CT molecular complexity index is 580. The minimum Gasteiger partial charge on any atom is -0.323 e. The van der Waals surface area contributed by atoms with Gasteiger partial charge in [0.15, 0.2) is 0 Å². The molecule has 2 aliphatic rings. The van der Waals surface area contributed by atoms with E-state index in [4.69, 9.17) is 11.6 Å². The lowest BCUT2D eigenvalue weighted by atomic mass is 9.67. The van der Waals surface area contributed by atoms with Crippen LogP contribution in [-0.2, 0) is 11.3 Å². The molecule has 1 aromatic heterocycles. The molecule has 1 aliphatic carbocycles. The molecule has 21 heavy (non-hydrogen) atoms. The molecule has 3 rings (SSSR count). The van der Waals surface area contributed by atoms with Gasteiger partial charge in [0.2, 0.25) is 4.47 Å². The Morgan fingerprint density at radius 3 is 2.57 bits per heavy atom. The number of hydrogen-bond acceptors (Lipinski definition) is 5.